The third-order valence-corrected chi connectivity index (χ3v) is 7.70. The Morgan fingerprint density at radius 3 is 2.18 bits per heavy atom. The molecule has 0 heterocycles. The first-order valence-electron chi connectivity index (χ1n) is 10.4. The van der Waals surface area contributed by atoms with Gasteiger partial charge in [-0.3, -0.25) is 0 Å². The van der Waals surface area contributed by atoms with E-state index in [0.29, 0.717) is 5.38 Å². The molecule has 3 aliphatic rings. The van der Waals surface area contributed by atoms with E-state index in [-0.39, 0.29) is 0 Å². The second-order valence-corrected chi connectivity index (χ2v) is 9.33. The van der Waals surface area contributed by atoms with Gasteiger partial charge in [0.25, 0.3) is 0 Å². The molecule has 0 aliphatic heterocycles. The molecule has 0 bridgehead atoms. The van der Waals surface area contributed by atoms with E-state index in [0.717, 1.165) is 29.6 Å². The molecule has 3 fully saturated rings. The highest BCUT2D eigenvalue weighted by molar-refractivity contribution is 6.20. The molecule has 3 rings (SSSR count). The zero-order valence-corrected chi connectivity index (χ0v) is 15.5. The molecule has 1 heteroatoms. The van der Waals surface area contributed by atoms with Gasteiger partial charge in [-0.2, -0.15) is 0 Å². The summed E-state index contributed by atoms with van der Waals surface area (Å²) in [6.45, 7) is 2.31. The van der Waals surface area contributed by atoms with Crippen LogP contribution in [0.25, 0.3) is 0 Å². The standard InChI is InChI=1S/C21H37Cl/c1-2-3-4-5-6-7-16-8-12-20-17(14-16)9-10-18-15-19(22)11-13-21(18)20/h16-21H,2-15H2,1H3. The number of hydrogen-bond acceptors (Lipinski definition) is 0. The number of unbranched alkanes of at least 4 members (excludes halogenated alkanes) is 4. The summed E-state index contributed by atoms with van der Waals surface area (Å²) in [5.41, 5.74) is 0. The van der Waals surface area contributed by atoms with Crippen LogP contribution in [0, 0.1) is 29.6 Å². The van der Waals surface area contributed by atoms with Crippen LogP contribution in [0.4, 0.5) is 0 Å². The fraction of sp³-hybridized carbons (Fsp3) is 1.00. The van der Waals surface area contributed by atoms with E-state index >= 15 is 0 Å². The summed E-state index contributed by atoms with van der Waals surface area (Å²) in [4.78, 5) is 0. The second kappa shape index (κ2) is 8.41. The maximum atomic E-state index is 6.43. The Hall–Kier alpha value is 0.290. The Bertz CT molecular complexity index is 326. The molecule has 3 aliphatic carbocycles. The molecular weight excluding hydrogens is 288 g/mol. The Morgan fingerprint density at radius 2 is 1.41 bits per heavy atom. The summed E-state index contributed by atoms with van der Waals surface area (Å²) in [6.07, 6.45) is 20.6. The van der Waals surface area contributed by atoms with Crippen LogP contribution in [-0.4, -0.2) is 5.38 Å². The quantitative estimate of drug-likeness (QED) is 0.358. The zero-order valence-electron chi connectivity index (χ0n) is 14.7. The Labute approximate surface area is 143 Å². The molecule has 0 aromatic carbocycles. The van der Waals surface area contributed by atoms with Gasteiger partial charge in [-0.1, -0.05) is 51.9 Å². The summed E-state index contributed by atoms with van der Waals surface area (Å²) < 4.78 is 0. The van der Waals surface area contributed by atoms with Gasteiger partial charge in [-0.05, 0) is 74.5 Å². The van der Waals surface area contributed by atoms with Crippen molar-refractivity contribution in [2.75, 3.05) is 0 Å². The van der Waals surface area contributed by atoms with Crippen molar-refractivity contribution in [2.24, 2.45) is 29.6 Å². The molecule has 3 saturated carbocycles. The highest BCUT2D eigenvalue weighted by Gasteiger charge is 2.44. The van der Waals surface area contributed by atoms with E-state index in [2.05, 4.69) is 6.92 Å². The van der Waals surface area contributed by atoms with Crippen LogP contribution in [0.15, 0.2) is 0 Å². The van der Waals surface area contributed by atoms with Gasteiger partial charge in [0, 0.05) is 5.38 Å². The smallest absolute Gasteiger partial charge is 0.0338 e. The van der Waals surface area contributed by atoms with Gasteiger partial charge in [0.15, 0.2) is 0 Å². The highest BCUT2D eigenvalue weighted by Crippen LogP contribution is 2.53. The van der Waals surface area contributed by atoms with Crippen LogP contribution in [-0.2, 0) is 0 Å². The average Bonchev–Trinajstić information content (AvgIpc) is 2.54. The van der Waals surface area contributed by atoms with Crippen molar-refractivity contribution >= 4 is 11.6 Å². The normalized spacial score (nSPS) is 41.7. The molecular formula is C21H37Cl. The van der Waals surface area contributed by atoms with Crippen LogP contribution in [0.1, 0.15) is 96.8 Å². The number of rotatable bonds is 6. The minimum Gasteiger partial charge on any atom is -0.123 e. The Morgan fingerprint density at radius 1 is 0.727 bits per heavy atom. The van der Waals surface area contributed by atoms with Gasteiger partial charge in [0.1, 0.15) is 0 Å². The molecule has 0 nitrogen and oxygen atoms in total. The fourth-order valence-corrected chi connectivity index (χ4v) is 6.49. The molecule has 0 aromatic heterocycles. The van der Waals surface area contributed by atoms with Gasteiger partial charge < -0.3 is 0 Å². The average molecular weight is 325 g/mol. The number of alkyl halides is 1. The van der Waals surface area contributed by atoms with Crippen LogP contribution < -0.4 is 0 Å². The van der Waals surface area contributed by atoms with Crippen LogP contribution in [0.3, 0.4) is 0 Å². The summed E-state index contributed by atoms with van der Waals surface area (Å²) in [5, 5.41) is 0.497. The first-order chi connectivity index (χ1) is 10.8. The van der Waals surface area contributed by atoms with E-state index < -0.39 is 0 Å². The molecule has 0 aromatic rings. The van der Waals surface area contributed by atoms with Crippen molar-refractivity contribution in [2.45, 2.75) is 102 Å². The largest absolute Gasteiger partial charge is 0.123 e. The van der Waals surface area contributed by atoms with E-state index in [4.69, 9.17) is 11.6 Å². The number of halogens is 1. The third kappa shape index (κ3) is 4.22. The molecule has 0 amide bonds. The minimum absolute atomic E-state index is 0.497. The molecule has 128 valence electrons. The molecule has 22 heavy (non-hydrogen) atoms. The van der Waals surface area contributed by atoms with Crippen molar-refractivity contribution < 1.29 is 0 Å². The molecule has 6 unspecified atom stereocenters. The Balaban J connectivity index is 1.43. The fourth-order valence-electron chi connectivity index (χ4n) is 6.13. The van der Waals surface area contributed by atoms with Gasteiger partial charge in [0.2, 0.25) is 0 Å². The van der Waals surface area contributed by atoms with Crippen molar-refractivity contribution in [1.82, 2.24) is 0 Å². The summed E-state index contributed by atoms with van der Waals surface area (Å²) >= 11 is 6.43. The molecule has 0 spiro atoms. The van der Waals surface area contributed by atoms with E-state index in [1.807, 2.05) is 0 Å². The Kier molecular flexibility index (Phi) is 6.54. The molecule has 0 N–H and O–H groups in total. The van der Waals surface area contributed by atoms with Crippen molar-refractivity contribution in [3.8, 4) is 0 Å². The molecule has 6 atom stereocenters. The lowest BCUT2D eigenvalue weighted by Crippen LogP contribution is -2.41. The van der Waals surface area contributed by atoms with Gasteiger partial charge in [0.05, 0.1) is 0 Å². The monoisotopic (exact) mass is 324 g/mol. The predicted molar refractivity (Wildman–Crippen MR) is 97.4 cm³/mol. The van der Waals surface area contributed by atoms with Gasteiger partial charge in [-0.25, -0.2) is 0 Å². The van der Waals surface area contributed by atoms with Crippen LogP contribution in [0.5, 0.6) is 0 Å². The van der Waals surface area contributed by atoms with E-state index in [1.165, 1.54) is 70.6 Å². The van der Waals surface area contributed by atoms with Crippen molar-refractivity contribution in [3.63, 3.8) is 0 Å². The maximum absolute atomic E-state index is 6.43. The summed E-state index contributed by atoms with van der Waals surface area (Å²) in [6, 6.07) is 0. The number of fused-ring (bicyclic) bond motifs is 3. The lowest BCUT2D eigenvalue weighted by Gasteiger charge is -2.50. The van der Waals surface area contributed by atoms with Crippen LogP contribution >= 0.6 is 11.6 Å². The van der Waals surface area contributed by atoms with Crippen molar-refractivity contribution in [3.05, 3.63) is 0 Å². The predicted octanol–water partition coefficient (Wildman–Crippen LogP) is 7.20. The SMILES string of the molecule is CCCCCCCC1CCC2C(CCC3CC(Cl)CCC32)C1. The van der Waals surface area contributed by atoms with Crippen molar-refractivity contribution in [1.29, 1.82) is 0 Å². The maximum Gasteiger partial charge on any atom is 0.0338 e. The first-order valence-corrected chi connectivity index (χ1v) is 10.9. The zero-order chi connectivity index (χ0) is 15.4. The second-order valence-electron chi connectivity index (χ2n) is 8.72. The number of hydrogen-bond donors (Lipinski definition) is 0. The molecule has 0 radical (unpaired) electrons. The minimum atomic E-state index is 0.497. The summed E-state index contributed by atoms with van der Waals surface area (Å²) in [5.74, 6) is 5.29. The third-order valence-electron chi connectivity index (χ3n) is 7.30. The summed E-state index contributed by atoms with van der Waals surface area (Å²) in [7, 11) is 0. The first kappa shape index (κ1) is 17.1. The van der Waals surface area contributed by atoms with E-state index in [1.54, 1.807) is 19.3 Å². The van der Waals surface area contributed by atoms with Gasteiger partial charge >= 0.3 is 0 Å². The topological polar surface area (TPSA) is 0 Å². The van der Waals surface area contributed by atoms with E-state index in [9.17, 15) is 0 Å². The van der Waals surface area contributed by atoms with Gasteiger partial charge in [-0.15, -0.1) is 11.6 Å². The lowest BCUT2D eigenvalue weighted by atomic mass is 9.56. The lowest BCUT2D eigenvalue weighted by molar-refractivity contribution is 0.0110. The molecule has 0 saturated heterocycles. The van der Waals surface area contributed by atoms with Crippen LogP contribution in [0.2, 0.25) is 0 Å². The highest BCUT2D eigenvalue weighted by atomic mass is 35.5.